The van der Waals surface area contributed by atoms with Crippen LogP contribution in [0.3, 0.4) is 0 Å². The van der Waals surface area contributed by atoms with Crippen LogP contribution >= 0.6 is 0 Å². The molecule has 26 heavy (non-hydrogen) atoms. The predicted octanol–water partition coefficient (Wildman–Crippen LogP) is 3.04. The molecule has 0 rings (SSSR count). The van der Waals surface area contributed by atoms with Crippen LogP contribution in [0.2, 0.25) is 0 Å². The van der Waals surface area contributed by atoms with Crippen molar-refractivity contribution in [1.82, 2.24) is 0 Å². The summed E-state index contributed by atoms with van der Waals surface area (Å²) < 4.78 is 0. The minimum absolute atomic E-state index is 0.262. The van der Waals surface area contributed by atoms with Crippen LogP contribution in [0.1, 0.15) is 90.4 Å². The molecule has 2 atom stereocenters. The minimum Gasteiger partial charge on any atom is -0.394 e. The van der Waals surface area contributed by atoms with Crippen molar-refractivity contribution in [3.05, 3.63) is 12.2 Å². The summed E-state index contributed by atoms with van der Waals surface area (Å²) in [6, 6.07) is 0. The fourth-order valence-electron chi connectivity index (χ4n) is 3.03. The molecule has 156 valence electrons. The third-order valence-electron chi connectivity index (χ3n) is 5.06. The number of aliphatic hydroxyl groups is 4. The molecule has 5 heteroatoms. The summed E-state index contributed by atoms with van der Waals surface area (Å²) in [7, 11) is 0. The van der Waals surface area contributed by atoms with Crippen LogP contribution in [0.5, 0.6) is 0 Å². The highest BCUT2D eigenvalue weighted by molar-refractivity contribution is 4.97. The molecule has 0 amide bonds. The third-order valence-corrected chi connectivity index (χ3v) is 5.06. The van der Waals surface area contributed by atoms with E-state index in [1.54, 1.807) is 0 Å². The summed E-state index contributed by atoms with van der Waals surface area (Å²) in [4.78, 5) is 0. The minimum atomic E-state index is -1.57. The number of hydrogen-bond acceptors (Lipinski definition) is 5. The standard InChI is InChI=1S/C21H43NO4/c1-2-3-4-5-6-7-8-9-10-11-12-13-14-15-16-19(25)20(26)21(22,17-23)18-24/h14-15,19-20,23-26H,2-13,16-18,22H2,1H3/b15-14+. The highest BCUT2D eigenvalue weighted by atomic mass is 16.3. The zero-order chi connectivity index (χ0) is 19.7. The smallest absolute Gasteiger partial charge is 0.103 e. The molecule has 0 fully saturated rings. The summed E-state index contributed by atoms with van der Waals surface area (Å²) in [5, 5.41) is 38.1. The van der Waals surface area contributed by atoms with Gasteiger partial charge in [0.2, 0.25) is 0 Å². The Hall–Kier alpha value is -0.460. The van der Waals surface area contributed by atoms with Crippen LogP contribution in [0.4, 0.5) is 0 Å². The zero-order valence-corrected chi connectivity index (χ0v) is 16.8. The number of aliphatic hydroxyl groups excluding tert-OH is 4. The van der Waals surface area contributed by atoms with Crippen molar-refractivity contribution in [2.24, 2.45) is 5.73 Å². The van der Waals surface area contributed by atoms with Gasteiger partial charge < -0.3 is 26.2 Å². The Morgan fingerprint density at radius 1 is 0.769 bits per heavy atom. The average molecular weight is 374 g/mol. The van der Waals surface area contributed by atoms with E-state index < -0.39 is 31.0 Å². The number of nitrogens with two attached hydrogens (primary N) is 1. The number of rotatable bonds is 18. The molecule has 0 aromatic carbocycles. The molecule has 0 heterocycles. The quantitative estimate of drug-likeness (QED) is 0.187. The Morgan fingerprint density at radius 2 is 1.23 bits per heavy atom. The monoisotopic (exact) mass is 373 g/mol. The van der Waals surface area contributed by atoms with Crippen molar-refractivity contribution in [2.45, 2.75) is 108 Å². The van der Waals surface area contributed by atoms with Gasteiger partial charge in [-0.15, -0.1) is 0 Å². The van der Waals surface area contributed by atoms with Crippen molar-refractivity contribution >= 4 is 0 Å². The molecule has 2 unspecified atom stereocenters. The van der Waals surface area contributed by atoms with Crippen LogP contribution < -0.4 is 5.73 Å². The molecule has 0 aliphatic heterocycles. The van der Waals surface area contributed by atoms with Gasteiger partial charge in [0.1, 0.15) is 6.10 Å². The molecular formula is C21H43NO4. The maximum Gasteiger partial charge on any atom is 0.103 e. The summed E-state index contributed by atoms with van der Waals surface area (Å²) in [5.41, 5.74) is 4.09. The van der Waals surface area contributed by atoms with Crippen LogP contribution in [0.25, 0.3) is 0 Å². The molecule has 6 N–H and O–H groups in total. The lowest BCUT2D eigenvalue weighted by Crippen LogP contribution is -2.60. The normalized spacial score (nSPS) is 14.8. The van der Waals surface area contributed by atoms with E-state index in [0.29, 0.717) is 0 Å². The fourth-order valence-corrected chi connectivity index (χ4v) is 3.03. The fraction of sp³-hybridized carbons (Fsp3) is 0.905. The van der Waals surface area contributed by atoms with Crippen LogP contribution in [-0.4, -0.2) is 51.4 Å². The largest absolute Gasteiger partial charge is 0.394 e. The van der Waals surface area contributed by atoms with Gasteiger partial charge in [-0.2, -0.15) is 0 Å². The maximum absolute atomic E-state index is 9.91. The third kappa shape index (κ3) is 12.0. The lowest BCUT2D eigenvalue weighted by molar-refractivity contribution is -0.0616. The van der Waals surface area contributed by atoms with E-state index >= 15 is 0 Å². The molecule has 0 saturated carbocycles. The van der Waals surface area contributed by atoms with Gasteiger partial charge in [-0.1, -0.05) is 83.3 Å². The van der Waals surface area contributed by atoms with Gasteiger partial charge in [-0.25, -0.2) is 0 Å². The van der Waals surface area contributed by atoms with Gasteiger partial charge in [-0.05, 0) is 19.3 Å². The molecule has 0 aliphatic carbocycles. The summed E-state index contributed by atoms with van der Waals surface area (Å²) in [6.45, 7) is 1.09. The van der Waals surface area contributed by atoms with E-state index in [9.17, 15) is 10.2 Å². The van der Waals surface area contributed by atoms with Gasteiger partial charge >= 0.3 is 0 Å². The Balaban J connectivity index is 3.56. The Labute approximate surface area is 160 Å². The van der Waals surface area contributed by atoms with Crippen LogP contribution in [-0.2, 0) is 0 Å². The van der Waals surface area contributed by atoms with Gasteiger partial charge in [0.05, 0.1) is 24.9 Å². The first-order valence-electron chi connectivity index (χ1n) is 10.5. The van der Waals surface area contributed by atoms with E-state index in [1.165, 1.54) is 64.2 Å². The van der Waals surface area contributed by atoms with E-state index in [4.69, 9.17) is 15.9 Å². The van der Waals surface area contributed by atoms with Crippen molar-refractivity contribution in [3.63, 3.8) is 0 Å². The van der Waals surface area contributed by atoms with Crippen molar-refractivity contribution in [3.8, 4) is 0 Å². The van der Waals surface area contributed by atoms with E-state index in [-0.39, 0.29) is 6.42 Å². The van der Waals surface area contributed by atoms with Crippen LogP contribution in [0, 0.1) is 0 Å². The highest BCUT2D eigenvalue weighted by Crippen LogP contribution is 2.14. The number of allylic oxidation sites excluding steroid dienone is 1. The molecule has 0 bridgehead atoms. The zero-order valence-electron chi connectivity index (χ0n) is 16.8. The Kier molecular flexibility index (Phi) is 16.4. The van der Waals surface area contributed by atoms with Gasteiger partial charge in [0.15, 0.2) is 0 Å². The highest BCUT2D eigenvalue weighted by Gasteiger charge is 2.36. The average Bonchev–Trinajstić information content (AvgIpc) is 2.66. The second kappa shape index (κ2) is 16.7. The molecule has 0 saturated heterocycles. The summed E-state index contributed by atoms with van der Waals surface area (Å²) in [6.07, 6.45) is 17.2. The Bertz CT molecular complexity index is 332. The summed E-state index contributed by atoms with van der Waals surface area (Å²) >= 11 is 0. The molecule has 0 radical (unpaired) electrons. The molecule has 0 aromatic heterocycles. The SMILES string of the molecule is CCCCCCCCCCCCC/C=C/CC(O)C(O)C(N)(CO)CO. The molecule has 0 aromatic rings. The van der Waals surface area contributed by atoms with E-state index in [0.717, 1.165) is 12.8 Å². The number of unbranched alkanes of at least 4 members (excludes halogenated alkanes) is 11. The molecule has 0 spiro atoms. The Morgan fingerprint density at radius 3 is 1.69 bits per heavy atom. The molecular weight excluding hydrogens is 330 g/mol. The topological polar surface area (TPSA) is 107 Å². The molecule has 0 aliphatic rings. The van der Waals surface area contributed by atoms with E-state index in [1.807, 2.05) is 12.2 Å². The first-order chi connectivity index (χ1) is 12.5. The summed E-state index contributed by atoms with van der Waals surface area (Å²) in [5.74, 6) is 0. The van der Waals surface area contributed by atoms with Crippen molar-refractivity contribution < 1.29 is 20.4 Å². The van der Waals surface area contributed by atoms with Gasteiger partial charge in [0, 0.05) is 0 Å². The van der Waals surface area contributed by atoms with Gasteiger partial charge in [0.25, 0.3) is 0 Å². The van der Waals surface area contributed by atoms with Crippen molar-refractivity contribution in [2.75, 3.05) is 13.2 Å². The van der Waals surface area contributed by atoms with E-state index in [2.05, 4.69) is 6.92 Å². The predicted molar refractivity (Wildman–Crippen MR) is 108 cm³/mol. The van der Waals surface area contributed by atoms with Crippen LogP contribution in [0.15, 0.2) is 12.2 Å². The maximum atomic E-state index is 9.91. The van der Waals surface area contributed by atoms with Crippen molar-refractivity contribution in [1.29, 1.82) is 0 Å². The second-order valence-electron chi connectivity index (χ2n) is 7.59. The number of hydrogen-bond donors (Lipinski definition) is 5. The first-order valence-corrected chi connectivity index (χ1v) is 10.5. The first kappa shape index (κ1) is 25.5. The lowest BCUT2D eigenvalue weighted by atomic mass is 9.90. The lowest BCUT2D eigenvalue weighted by Gasteiger charge is -2.33. The van der Waals surface area contributed by atoms with Gasteiger partial charge in [-0.3, -0.25) is 0 Å². The molecule has 5 nitrogen and oxygen atoms in total. The second-order valence-corrected chi connectivity index (χ2v) is 7.59.